The summed E-state index contributed by atoms with van der Waals surface area (Å²) in [6.45, 7) is 0. The molecule has 0 aliphatic rings. The third kappa shape index (κ3) is 1.77. The summed E-state index contributed by atoms with van der Waals surface area (Å²) < 4.78 is 25.5. The average molecular weight is 224 g/mol. The van der Waals surface area contributed by atoms with Gasteiger partial charge in [0.25, 0.3) is 0 Å². The molecule has 82 valence electrons. The van der Waals surface area contributed by atoms with E-state index in [1.54, 1.807) is 0 Å². The Balaban J connectivity index is 2.42. The zero-order chi connectivity index (χ0) is 11.7. The largest absolute Gasteiger partial charge is 0.477 e. The summed E-state index contributed by atoms with van der Waals surface area (Å²) in [6.07, 6.45) is 1.11. The second kappa shape index (κ2) is 3.73. The van der Waals surface area contributed by atoms with Crippen LogP contribution in [0.5, 0.6) is 0 Å². The fraction of sp³-hybridized carbons (Fsp3) is 0. The van der Waals surface area contributed by atoms with E-state index in [2.05, 4.69) is 9.97 Å². The Morgan fingerprint density at radius 1 is 1.31 bits per heavy atom. The van der Waals surface area contributed by atoms with Gasteiger partial charge in [0.15, 0.2) is 11.6 Å². The lowest BCUT2D eigenvalue weighted by Gasteiger charge is -1.97. The highest BCUT2D eigenvalue weighted by atomic mass is 19.2. The van der Waals surface area contributed by atoms with E-state index in [-0.39, 0.29) is 17.1 Å². The first-order chi connectivity index (χ1) is 7.58. The summed E-state index contributed by atoms with van der Waals surface area (Å²) >= 11 is 0. The Morgan fingerprint density at radius 3 is 2.62 bits per heavy atom. The molecule has 4 nitrogen and oxygen atoms in total. The Morgan fingerprint density at radius 2 is 2.06 bits per heavy atom. The standard InChI is InChI=1S/C10H6F2N2O2/c11-6-2-1-5(3-7(6)12)9-13-4-8(14-9)10(15)16/h1-4H,(H,13,14)(H,15,16). The lowest BCUT2D eigenvalue weighted by Crippen LogP contribution is -1.95. The topological polar surface area (TPSA) is 66.0 Å². The van der Waals surface area contributed by atoms with E-state index >= 15 is 0 Å². The van der Waals surface area contributed by atoms with Gasteiger partial charge in [-0.2, -0.15) is 0 Å². The van der Waals surface area contributed by atoms with E-state index in [4.69, 9.17) is 5.11 Å². The number of carboxylic acids is 1. The maximum atomic E-state index is 12.9. The molecule has 1 heterocycles. The predicted octanol–water partition coefficient (Wildman–Crippen LogP) is 2.05. The van der Waals surface area contributed by atoms with E-state index in [1.165, 1.54) is 6.07 Å². The lowest BCUT2D eigenvalue weighted by atomic mass is 10.2. The van der Waals surface area contributed by atoms with Crippen molar-refractivity contribution in [1.29, 1.82) is 0 Å². The molecule has 2 aromatic rings. The third-order valence-corrected chi connectivity index (χ3v) is 2.00. The number of nitrogens with zero attached hydrogens (tertiary/aromatic N) is 1. The summed E-state index contributed by atoms with van der Waals surface area (Å²) in [6, 6.07) is 3.20. The summed E-state index contributed by atoms with van der Waals surface area (Å²) in [7, 11) is 0. The highest BCUT2D eigenvalue weighted by Crippen LogP contribution is 2.18. The molecule has 0 bridgehead atoms. The molecular weight excluding hydrogens is 218 g/mol. The Labute approximate surface area is 88.6 Å². The molecule has 0 aliphatic carbocycles. The van der Waals surface area contributed by atoms with Gasteiger partial charge in [-0.1, -0.05) is 0 Å². The molecular formula is C10H6F2N2O2. The lowest BCUT2D eigenvalue weighted by molar-refractivity contribution is 0.0691. The Kier molecular flexibility index (Phi) is 2.40. The van der Waals surface area contributed by atoms with Gasteiger partial charge in [0.1, 0.15) is 11.5 Å². The van der Waals surface area contributed by atoms with Crippen molar-refractivity contribution in [3.63, 3.8) is 0 Å². The summed E-state index contributed by atoms with van der Waals surface area (Å²) in [5, 5.41) is 8.64. The number of H-pyrrole nitrogens is 1. The van der Waals surface area contributed by atoms with Gasteiger partial charge in [-0.3, -0.25) is 0 Å². The smallest absolute Gasteiger partial charge is 0.353 e. The molecule has 2 N–H and O–H groups in total. The molecule has 0 saturated heterocycles. The van der Waals surface area contributed by atoms with Gasteiger partial charge in [-0.25, -0.2) is 18.6 Å². The number of aromatic amines is 1. The summed E-state index contributed by atoms with van der Waals surface area (Å²) in [4.78, 5) is 16.8. The molecule has 0 atom stereocenters. The first-order valence-electron chi connectivity index (χ1n) is 4.31. The number of hydrogen-bond donors (Lipinski definition) is 2. The van der Waals surface area contributed by atoms with Gasteiger partial charge in [0.2, 0.25) is 0 Å². The number of carbonyl (C=O) groups is 1. The maximum Gasteiger partial charge on any atom is 0.353 e. The fourth-order valence-electron chi connectivity index (χ4n) is 1.22. The number of halogens is 2. The molecule has 1 aromatic carbocycles. The van der Waals surface area contributed by atoms with Crippen molar-refractivity contribution in [2.45, 2.75) is 0 Å². The number of imidazole rings is 1. The number of carboxylic acid groups (broad SMARTS) is 1. The molecule has 0 aliphatic heterocycles. The monoisotopic (exact) mass is 224 g/mol. The van der Waals surface area contributed by atoms with Crippen LogP contribution in [0.25, 0.3) is 11.4 Å². The van der Waals surface area contributed by atoms with E-state index in [1.807, 2.05) is 0 Å². The number of benzene rings is 1. The normalized spacial score (nSPS) is 10.4. The first-order valence-corrected chi connectivity index (χ1v) is 4.31. The van der Waals surface area contributed by atoms with Crippen molar-refractivity contribution in [1.82, 2.24) is 9.97 Å². The van der Waals surface area contributed by atoms with Crippen molar-refractivity contribution < 1.29 is 18.7 Å². The summed E-state index contributed by atoms with van der Waals surface area (Å²) in [5.41, 5.74) is 0.172. The summed E-state index contributed by atoms with van der Waals surface area (Å²) in [5.74, 6) is -2.96. The molecule has 0 amide bonds. The number of aromatic carboxylic acids is 1. The number of hydrogen-bond acceptors (Lipinski definition) is 2. The minimum absolute atomic E-state index is 0.111. The van der Waals surface area contributed by atoms with E-state index < -0.39 is 17.6 Å². The molecule has 0 saturated carbocycles. The zero-order valence-corrected chi connectivity index (χ0v) is 7.87. The number of rotatable bonds is 2. The fourth-order valence-corrected chi connectivity index (χ4v) is 1.22. The van der Waals surface area contributed by atoms with Crippen LogP contribution in [0, 0.1) is 11.6 Å². The Bertz CT molecular complexity index is 552. The van der Waals surface area contributed by atoms with Crippen molar-refractivity contribution >= 4 is 5.97 Å². The van der Waals surface area contributed by atoms with Crippen LogP contribution >= 0.6 is 0 Å². The van der Waals surface area contributed by atoms with Crippen LogP contribution in [0.15, 0.2) is 24.4 Å². The predicted molar refractivity (Wildman–Crippen MR) is 50.9 cm³/mol. The average Bonchev–Trinajstić information content (AvgIpc) is 2.71. The Hall–Kier alpha value is -2.24. The van der Waals surface area contributed by atoms with Crippen LogP contribution in [0.1, 0.15) is 10.5 Å². The van der Waals surface area contributed by atoms with Gasteiger partial charge < -0.3 is 10.1 Å². The zero-order valence-electron chi connectivity index (χ0n) is 7.87. The van der Waals surface area contributed by atoms with Gasteiger partial charge in [0, 0.05) is 5.56 Å². The molecule has 0 spiro atoms. The van der Waals surface area contributed by atoms with Crippen LogP contribution in [0.4, 0.5) is 8.78 Å². The van der Waals surface area contributed by atoms with Crippen molar-refractivity contribution in [2.75, 3.05) is 0 Å². The first kappa shape index (κ1) is 10.3. The quantitative estimate of drug-likeness (QED) is 0.820. The van der Waals surface area contributed by atoms with Crippen LogP contribution in [0.2, 0.25) is 0 Å². The van der Waals surface area contributed by atoms with Crippen molar-refractivity contribution in [3.05, 3.63) is 41.7 Å². The second-order valence-corrected chi connectivity index (χ2v) is 3.08. The highest BCUT2D eigenvalue weighted by molar-refractivity contribution is 5.85. The minimum Gasteiger partial charge on any atom is -0.477 e. The third-order valence-electron chi connectivity index (χ3n) is 2.00. The second-order valence-electron chi connectivity index (χ2n) is 3.08. The molecule has 16 heavy (non-hydrogen) atoms. The van der Waals surface area contributed by atoms with Gasteiger partial charge in [0.05, 0.1) is 6.20 Å². The molecule has 0 radical (unpaired) electrons. The van der Waals surface area contributed by atoms with E-state index in [0.29, 0.717) is 0 Å². The van der Waals surface area contributed by atoms with Crippen molar-refractivity contribution in [3.8, 4) is 11.4 Å². The highest BCUT2D eigenvalue weighted by Gasteiger charge is 2.10. The van der Waals surface area contributed by atoms with Crippen LogP contribution in [-0.2, 0) is 0 Å². The molecule has 0 fully saturated rings. The molecule has 2 rings (SSSR count). The maximum absolute atomic E-state index is 12.9. The molecule has 6 heteroatoms. The van der Waals surface area contributed by atoms with Crippen LogP contribution in [0.3, 0.4) is 0 Å². The van der Waals surface area contributed by atoms with Crippen LogP contribution < -0.4 is 0 Å². The van der Waals surface area contributed by atoms with Crippen molar-refractivity contribution in [2.24, 2.45) is 0 Å². The molecule has 1 aromatic heterocycles. The number of aromatic nitrogens is 2. The SMILES string of the molecule is O=C(O)c1cnc(-c2ccc(F)c(F)c2)[nH]1. The minimum atomic E-state index is -1.17. The van der Waals surface area contributed by atoms with Gasteiger partial charge in [-0.15, -0.1) is 0 Å². The van der Waals surface area contributed by atoms with E-state index in [9.17, 15) is 13.6 Å². The van der Waals surface area contributed by atoms with Crippen LogP contribution in [-0.4, -0.2) is 21.0 Å². The van der Waals surface area contributed by atoms with Gasteiger partial charge >= 0.3 is 5.97 Å². The van der Waals surface area contributed by atoms with Gasteiger partial charge in [-0.05, 0) is 18.2 Å². The molecule has 0 unspecified atom stereocenters. The van der Waals surface area contributed by atoms with E-state index in [0.717, 1.165) is 18.3 Å². The number of nitrogens with one attached hydrogen (secondary N) is 1.